The molecule has 1 unspecified atom stereocenters. The molecule has 3 heterocycles. The summed E-state index contributed by atoms with van der Waals surface area (Å²) < 4.78 is 19.6. The van der Waals surface area contributed by atoms with Crippen LogP contribution in [0.15, 0.2) is 36.7 Å². The van der Waals surface area contributed by atoms with Crippen LogP contribution < -0.4 is 21.7 Å². The Bertz CT molecular complexity index is 1440. The predicted molar refractivity (Wildman–Crippen MR) is 164 cm³/mol. The average molecular weight is 627 g/mol. The van der Waals surface area contributed by atoms with Gasteiger partial charge in [-0.25, -0.2) is 14.2 Å². The Hall–Kier alpha value is -4.04. The number of hydrogen-bond acceptors (Lipinski definition) is 11. The molecule has 14 heteroatoms. The SMILES string of the molecule is CC(C)C(N)C(=O)N[C@H](C(=O)OCC(=O)NCc1cnc(-c2ccc(NCC3(c4ncccc4F)CCC3)nn2)s1)C(C)C. The number of anilines is 1. The van der Waals surface area contributed by atoms with Crippen molar-refractivity contribution in [2.75, 3.05) is 18.5 Å². The summed E-state index contributed by atoms with van der Waals surface area (Å²) in [6.07, 6.45) is 5.97. The van der Waals surface area contributed by atoms with Crippen LogP contribution in [0.1, 0.15) is 57.5 Å². The van der Waals surface area contributed by atoms with Crippen molar-refractivity contribution in [3.8, 4) is 10.7 Å². The third-order valence-electron chi connectivity index (χ3n) is 7.66. The quantitative estimate of drug-likeness (QED) is 0.195. The summed E-state index contributed by atoms with van der Waals surface area (Å²) in [5, 5.41) is 17.8. The van der Waals surface area contributed by atoms with Gasteiger partial charge in [0.1, 0.15) is 28.4 Å². The lowest BCUT2D eigenvalue weighted by molar-refractivity contribution is -0.153. The number of amides is 2. The fraction of sp³-hybridized carbons (Fsp3) is 0.500. The molecule has 44 heavy (non-hydrogen) atoms. The van der Waals surface area contributed by atoms with Gasteiger partial charge in [-0.05, 0) is 48.9 Å². The molecule has 3 aromatic heterocycles. The average Bonchev–Trinajstić information content (AvgIpc) is 3.46. The van der Waals surface area contributed by atoms with Crippen molar-refractivity contribution in [2.45, 2.75) is 71.0 Å². The zero-order valence-corrected chi connectivity index (χ0v) is 26.1. The molecule has 1 fully saturated rings. The minimum Gasteiger partial charge on any atom is -0.454 e. The van der Waals surface area contributed by atoms with Crippen LogP contribution in [0.2, 0.25) is 0 Å². The molecule has 0 bridgehead atoms. The second-order valence-corrected chi connectivity index (χ2v) is 12.8. The Balaban J connectivity index is 1.24. The van der Waals surface area contributed by atoms with Gasteiger partial charge in [0.15, 0.2) is 6.61 Å². The van der Waals surface area contributed by atoms with E-state index in [0.717, 1.165) is 24.1 Å². The van der Waals surface area contributed by atoms with Crippen molar-refractivity contribution >= 4 is 34.9 Å². The first kappa shape index (κ1) is 32.9. The second kappa shape index (κ2) is 14.6. The van der Waals surface area contributed by atoms with Crippen molar-refractivity contribution in [1.29, 1.82) is 0 Å². The lowest BCUT2D eigenvalue weighted by atomic mass is 9.66. The van der Waals surface area contributed by atoms with Gasteiger partial charge in [0.05, 0.1) is 18.3 Å². The Labute approximate surface area is 259 Å². The molecule has 2 amide bonds. The summed E-state index contributed by atoms with van der Waals surface area (Å²) in [7, 11) is 0. The van der Waals surface area contributed by atoms with E-state index >= 15 is 0 Å². The van der Waals surface area contributed by atoms with Gasteiger partial charge in [0.25, 0.3) is 5.91 Å². The van der Waals surface area contributed by atoms with Gasteiger partial charge in [0, 0.05) is 29.2 Å². The van der Waals surface area contributed by atoms with E-state index in [2.05, 4.69) is 36.1 Å². The number of nitrogens with two attached hydrogens (primary N) is 1. The number of carbonyl (C=O) groups is 3. The summed E-state index contributed by atoms with van der Waals surface area (Å²) in [5.74, 6) is -1.73. The number of carbonyl (C=O) groups excluding carboxylic acids is 3. The van der Waals surface area contributed by atoms with E-state index in [1.165, 1.54) is 17.4 Å². The zero-order valence-electron chi connectivity index (χ0n) is 25.3. The monoisotopic (exact) mass is 626 g/mol. The minimum atomic E-state index is -0.921. The normalized spacial score (nSPS) is 15.3. The molecule has 12 nitrogen and oxygen atoms in total. The Morgan fingerprint density at radius 1 is 1.09 bits per heavy atom. The molecule has 1 saturated carbocycles. The van der Waals surface area contributed by atoms with Crippen molar-refractivity contribution in [2.24, 2.45) is 17.6 Å². The lowest BCUT2D eigenvalue weighted by Gasteiger charge is -2.41. The van der Waals surface area contributed by atoms with Crippen molar-refractivity contribution < 1.29 is 23.5 Å². The number of nitrogens with one attached hydrogen (secondary N) is 3. The highest BCUT2D eigenvalue weighted by Crippen LogP contribution is 2.43. The van der Waals surface area contributed by atoms with Crippen LogP contribution in [0, 0.1) is 17.7 Å². The molecule has 0 aliphatic heterocycles. The van der Waals surface area contributed by atoms with Gasteiger partial charge in [-0.2, -0.15) is 0 Å². The van der Waals surface area contributed by atoms with Gasteiger partial charge < -0.3 is 26.4 Å². The van der Waals surface area contributed by atoms with E-state index in [1.807, 2.05) is 13.8 Å². The molecule has 3 aromatic rings. The van der Waals surface area contributed by atoms with Crippen molar-refractivity contribution in [1.82, 2.24) is 30.8 Å². The van der Waals surface area contributed by atoms with Gasteiger partial charge in [0.2, 0.25) is 5.91 Å². The maximum absolute atomic E-state index is 14.4. The van der Waals surface area contributed by atoms with Crippen LogP contribution in [0.25, 0.3) is 10.7 Å². The van der Waals surface area contributed by atoms with Gasteiger partial charge in [-0.1, -0.05) is 34.1 Å². The summed E-state index contributed by atoms with van der Waals surface area (Å²) in [4.78, 5) is 46.7. The molecule has 1 aliphatic rings. The number of esters is 1. The lowest BCUT2D eigenvalue weighted by Crippen LogP contribution is -2.52. The number of hydrogen-bond donors (Lipinski definition) is 4. The first-order valence-electron chi connectivity index (χ1n) is 14.6. The number of pyridine rings is 1. The zero-order chi connectivity index (χ0) is 31.9. The van der Waals surface area contributed by atoms with E-state index in [9.17, 15) is 18.8 Å². The molecule has 4 rings (SSSR count). The van der Waals surface area contributed by atoms with E-state index in [0.29, 0.717) is 28.8 Å². The van der Waals surface area contributed by atoms with Gasteiger partial charge in [-0.3, -0.25) is 14.6 Å². The highest BCUT2D eigenvalue weighted by atomic mass is 32.1. The number of halogens is 1. The van der Waals surface area contributed by atoms with Gasteiger partial charge in [-0.15, -0.1) is 21.5 Å². The van der Waals surface area contributed by atoms with Crippen molar-refractivity contribution in [3.05, 3.63) is 53.0 Å². The first-order valence-corrected chi connectivity index (χ1v) is 15.4. The molecule has 236 valence electrons. The fourth-order valence-electron chi connectivity index (χ4n) is 4.70. The van der Waals surface area contributed by atoms with E-state index in [4.69, 9.17) is 10.5 Å². The van der Waals surface area contributed by atoms with Crippen molar-refractivity contribution in [3.63, 3.8) is 0 Å². The maximum Gasteiger partial charge on any atom is 0.329 e. The second-order valence-electron chi connectivity index (χ2n) is 11.6. The van der Waals surface area contributed by atoms with Crippen LogP contribution in [0.3, 0.4) is 0 Å². The number of thiazole rings is 1. The molecule has 0 radical (unpaired) electrons. The third kappa shape index (κ3) is 8.11. The minimum absolute atomic E-state index is 0.0962. The topological polar surface area (TPSA) is 174 Å². The highest BCUT2D eigenvalue weighted by molar-refractivity contribution is 7.15. The van der Waals surface area contributed by atoms with E-state index in [-0.39, 0.29) is 29.6 Å². The summed E-state index contributed by atoms with van der Waals surface area (Å²) in [5.41, 5.74) is 6.57. The van der Waals surface area contributed by atoms with E-state index in [1.54, 1.807) is 44.4 Å². The molecule has 0 spiro atoms. The molecule has 0 aromatic carbocycles. The maximum atomic E-state index is 14.4. The smallest absolute Gasteiger partial charge is 0.329 e. The van der Waals surface area contributed by atoms with E-state index < -0.39 is 36.5 Å². The largest absolute Gasteiger partial charge is 0.454 e. The summed E-state index contributed by atoms with van der Waals surface area (Å²) >= 11 is 1.34. The van der Waals surface area contributed by atoms with Crippen LogP contribution in [-0.2, 0) is 31.1 Å². The number of aromatic nitrogens is 4. The molecule has 5 N–H and O–H groups in total. The number of rotatable bonds is 14. The highest BCUT2D eigenvalue weighted by Gasteiger charge is 2.41. The summed E-state index contributed by atoms with van der Waals surface area (Å²) in [6, 6.07) is 4.95. The predicted octanol–water partition coefficient (Wildman–Crippen LogP) is 2.95. The fourth-order valence-corrected chi connectivity index (χ4v) is 5.51. The van der Waals surface area contributed by atoms with Crippen LogP contribution in [0.4, 0.5) is 10.2 Å². The molecular weight excluding hydrogens is 587 g/mol. The molecule has 1 aliphatic carbocycles. The Morgan fingerprint density at radius 2 is 1.86 bits per heavy atom. The first-order chi connectivity index (χ1) is 21.0. The molecule has 0 saturated heterocycles. The Kier molecular flexibility index (Phi) is 10.9. The number of nitrogens with zero attached hydrogens (tertiary/aromatic N) is 4. The standard InChI is InChI=1S/C30H39FN8O4S/c1-17(2)24(32)27(41)37-25(18(3)4)29(42)43-15-23(40)34-13-19-14-35-28(44-19)21-8-9-22(39-38-21)36-16-30(10-6-11-30)26-20(31)7-5-12-33-26/h5,7-9,12,14,17-18,24-25H,6,10-11,13,15-16,32H2,1-4H3,(H,34,40)(H,36,39)(H,37,41)/t24?,25-/m0/s1. The summed E-state index contributed by atoms with van der Waals surface area (Å²) in [6.45, 7) is 7.34. The van der Waals surface area contributed by atoms with Crippen LogP contribution in [-0.4, -0.2) is 63.2 Å². The molecular formula is C30H39FN8O4S. The number of ether oxygens (including phenoxy) is 1. The van der Waals surface area contributed by atoms with Crippen LogP contribution in [0.5, 0.6) is 0 Å². The van der Waals surface area contributed by atoms with Gasteiger partial charge >= 0.3 is 5.97 Å². The van der Waals surface area contributed by atoms with Crippen LogP contribution >= 0.6 is 11.3 Å². The molecule has 2 atom stereocenters. The Morgan fingerprint density at radius 3 is 2.48 bits per heavy atom. The third-order valence-corrected chi connectivity index (χ3v) is 8.68.